The van der Waals surface area contributed by atoms with Gasteiger partial charge in [0.1, 0.15) is 6.54 Å². The quantitative estimate of drug-likeness (QED) is 0.808. The normalized spacial score (nSPS) is 12.5. The van der Waals surface area contributed by atoms with Crippen LogP contribution in [0.5, 0.6) is 0 Å². The zero-order valence-corrected chi connectivity index (χ0v) is 16.5. The van der Waals surface area contributed by atoms with E-state index in [1.807, 2.05) is 33.8 Å². The first-order valence-corrected chi connectivity index (χ1v) is 10.1. The second-order valence-corrected chi connectivity index (χ2v) is 8.41. The first kappa shape index (κ1) is 20.0. The zero-order chi connectivity index (χ0) is 19.3. The van der Waals surface area contributed by atoms with Gasteiger partial charge in [0.05, 0.1) is 10.6 Å². The van der Waals surface area contributed by atoms with Crippen LogP contribution >= 0.6 is 0 Å². The summed E-state index contributed by atoms with van der Waals surface area (Å²) in [7, 11) is -3.85. The number of carbonyl (C=O) groups excluding carboxylic acids is 1. The van der Waals surface area contributed by atoms with Gasteiger partial charge >= 0.3 is 0 Å². The van der Waals surface area contributed by atoms with Crippen LogP contribution in [-0.2, 0) is 14.8 Å². The Kier molecular flexibility index (Phi) is 6.42. The van der Waals surface area contributed by atoms with Crippen LogP contribution in [0.1, 0.15) is 31.4 Å². The lowest BCUT2D eigenvalue weighted by Gasteiger charge is -2.25. The molecule has 5 nitrogen and oxygen atoms in total. The number of anilines is 1. The molecule has 0 heterocycles. The number of amides is 1. The van der Waals surface area contributed by atoms with Crippen molar-refractivity contribution in [3.8, 4) is 0 Å². The van der Waals surface area contributed by atoms with Crippen LogP contribution < -0.4 is 9.62 Å². The van der Waals surface area contributed by atoms with Gasteiger partial charge in [-0.25, -0.2) is 8.42 Å². The van der Waals surface area contributed by atoms with Gasteiger partial charge in [-0.15, -0.1) is 0 Å². The van der Waals surface area contributed by atoms with Crippen molar-refractivity contribution in [2.24, 2.45) is 0 Å². The van der Waals surface area contributed by atoms with Gasteiger partial charge in [-0.1, -0.05) is 31.2 Å². The molecule has 2 aromatic carbocycles. The molecule has 0 aliphatic heterocycles. The highest BCUT2D eigenvalue weighted by Gasteiger charge is 2.27. The van der Waals surface area contributed by atoms with Crippen LogP contribution in [0.15, 0.2) is 53.4 Å². The third-order valence-corrected chi connectivity index (χ3v) is 5.92. The molecule has 1 N–H and O–H groups in total. The van der Waals surface area contributed by atoms with E-state index in [-0.39, 0.29) is 23.4 Å². The minimum atomic E-state index is -3.85. The molecule has 0 bridgehead atoms. The fraction of sp³-hybridized carbons (Fsp3) is 0.350. The van der Waals surface area contributed by atoms with Crippen LogP contribution in [0.3, 0.4) is 0 Å². The molecule has 0 aliphatic carbocycles. The van der Waals surface area contributed by atoms with Crippen LogP contribution in [-0.4, -0.2) is 26.9 Å². The Balaban J connectivity index is 2.46. The Bertz CT molecular complexity index is 844. The predicted molar refractivity (Wildman–Crippen MR) is 105 cm³/mol. The maximum absolute atomic E-state index is 13.2. The lowest BCUT2D eigenvalue weighted by molar-refractivity contribution is -0.120. The molecule has 26 heavy (non-hydrogen) atoms. The van der Waals surface area contributed by atoms with Gasteiger partial charge in [0.15, 0.2) is 0 Å². The van der Waals surface area contributed by atoms with Crippen LogP contribution in [0.4, 0.5) is 5.69 Å². The Hall–Kier alpha value is -2.34. The molecule has 0 unspecified atom stereocenters. The van der Waals surface area contributed by atoms with E-state index in [9.17, 15) is 13.2 Å². The van der Waals surface area contributed by atoms with Crippen molar-refractivity contribution < 1.29 is 13.2 Å². The van der Waals surface area contributed by atoms with Gasteiger partial charge in [0.25, 0.3) is 10.0 Å². The summed E-state index contributed by atoms with van der Waals surface area (Å²) >= 11 is 0. The molecule has 1 atom stereocenters. The molecule has 0 saturated heterocycles. The molecule has 0 aliphatic rings. The topological polar surface area (TPSA) is 66.5 Å². The fourth-order valence-electron chi connectivity index (χ4n) is 2.68. The second-order valence-electron chi connectivity index (χ2n) is 6.55. The predicted octanol–water partition coefficient (Wildman–Crippen LogP) is 3.41. The van der Waals surface area contributed by atoms with Crippen molar-refractivity contribution in [3.05, 3.63) is 59.7 Å². The third-order valence-electron chi connectivity index (χ3n) is 4.13. The third kappa shape index (κ3) is 4.85. The Morgan fingerprint density at radius 3 is 2.19 bits per heavy atom. The van der Waals surface area contributed by atoms with E-state index in [2.05, 4.69) is 5.32 Å². The number of nitrogens with zero attached hydrogens (tertiary/aromatic N) is 1. The average molecular weight is 375 g/mol. The van der Waals surface area contributed by atoms with E-state index < -0.39 is 10.0 Å². The second kappa shape index (κ2) is 8.36. The molecule has 0 spiro atoms. The van der Waals surface area contributed by atoms with Crippen molar-refractivity contribution in [1.82, 2.24) is 5.32 Å². The minimum absolute atomic E-state index is 0.0111. The highest BCUT2D eigenvalue weighted by molar-refractivity contribution is 7.92. The molecular weight excluding hydrogens is 348 g/mol. The lowest BCUT2D eigenvalue weighted by Crippen LogP contribution is -2.43. The summed E-state index contributed by atoms with van der Waals surface area (Å²) in [4.78, 5) is 12.6. The molecule has 6 heteroatoms. The number of rotatable bonds is 7. The van der Waals surface area contributed by atoms with Gasteiger partial charge in [-0.05, 0) is 62.6 Å². The Morgan fingerprint density at radius 1 is 1.08 bits per heavy atom. The molecular formula is C20H26N2O3S. The number of aryl methyl sites for hydroxylation is 2. The smallest absolute Gasteiger partial charge is 0.264 e. The SMILES string of the molecule is CC[C@H](C)NC(=O)CN(c1cc(C)cc(C)c1)S(=O)(=O)c1ccccc1. The number of carbonyl (C=O) groups is 1. The van der Waals surface area contributed by atoms with Crippen molar-refractivity contribution >= 4 is 21.6 Å². The van der Waals surface area contributed by atoms with Crippen molar-refractivity contribution in [3.63, 3.8) is 0 Å². The van der Waals surface area contributed by atoms with Gasteiger partial charge in [-0.2, -0.15) is 0 Å². The summed E-state index contributed by atoms with van der Waals surface area (Å²) in [6.07, 6.45) is 0.779. The molecule has 2 rings (SSSR count). The summed E-state index contributed by atoms with van der Waals surface area (Å²) in [5, 5.41) is 2.84. The van der Waals surface area contributed by atoms with Gasteiger partial charge < -0.3 is 5.32 Å². The van der Waals surface area contributed by atoms with E-state index in [0.717, 1.165) is 17.5 Å². The first-order chi connectivity index (χ1) is 12.2. The van der Waals surface area contributed by atoms with Gasteiger partial charge in [-0.3, -0.25) is 9.10 Å². The van der Waals surface area contributed by atoms with Crippen LogP contribution in [0.2, 0.25) is 0 Å². The number of nitrogens with one attached hydrogen (secondary N) is 1. The summed E-state index contributed by atoms with van der Waals surface area (Å²) in [5.41, 5.74) is 2.37. The standard InChI is InChI=1S/C20H26N2O3S/c1-5-17(4)21-20(23)14-22(18-12-15(2)11-16(3)13-18)26(24,25)19-9-7-6-8-10-19/h6-13,17H,5,14H2,1-4H3,(H,21,23)/t17-/m0/s1. The molecule has 2 aromatic rings. The lowest BCUT2D eigenvalue weighted by atomic mass is 10.1. The number of hydrogen-bond donors (Lipinski definition) is 1. The van der Waals surface area contributed by atoms with Gasteiger partial charge in [0, 0.05) is 6.04 Å². The number of hydrogen-bond acceptors (Lipinski definition) is 3. The molecule has 0 aromatic heterocycles. The van der Waals surface area contributed by atoms with Crippen molar-refractivity contribution in [2.75, 3.05) is 10.8 Å². The summed E-state index contributed by atoms with van der Waals surface area (Å²) in [6.45, 7) is 7.41. The van der Waals surface area contributed by atoms with Crippen molar-refractivity contribution in [1.29, 1.82) is 0 Å². The van der Waals surface area contributed by atoms with E-state index >= 15 is 0 Å². The minimum Gasteiger partial charge on any atom is -0.352 e. The van der Waals surface area contributed by atoms with Gasteiger partial charge in [0.2, 0.25) is 5.91 Å². The maximum atomic E-state index is 13.2. The summed E-state index contributed by atoms with van der Waals surface area (Å²) < 4.78 is 27.6. The summed E-state index contributed by atoms with van der Waals surface area (Å²) in [5.74, 6) is -0.321. The van der Waals surface area contributed by atoms with Crippen LogP contribution in [0, 0.1) is 13.8 Å². The molecule has 1 amide bonds. The molecule has 0 saturated carbocycles. The highest BCUT2D eigenvalue weighted by Crippen LogP contribution is 2.25. The Morgan fingerprint density at radius 2 is 1.65 bits per heavy atom. The van der Waals surface area contributed by atoms with Crippen molar-refractivity contribution in [2.45, 2.75) is 45.1 Å². The van der Waals surface area contributed by atoms with Crippen LogP contribution in [0.25, 0.3) is 0 Å². The maximum Gasteiger partial charge on any atom is 0.264 e. The molecule has 0 fully saturated rings. The first-order valence-electron chi connectivity index (χ1n) is 8.69. The Labute approximate surface area is 156 Å². The van der Waals surface area contributed by atoms with E-state index in [1.54, 1.807) is 30.3 Å². The summed E-state index contributed by atoms with van der Waals surface area (Å²) in [6, 6.07) is 13.7. The number of sulfonamides is 1. The zero-order valence-electron chi connectivity index (χ0n) is 15.7. The average Bonchev–Trinajstić information content (AvgIpc) is 2.59. The van der Waals surface area contributed by atoms with E-state index in [0.29, 0.717) is 5.69 Å². The van der Waals surface area contributed by atoms with E-state index in [1.165, 1.54) is 16.4 Å². The highest BCUT2D eigenvalue weighted by atomic mass is 32.2. The van der Waals surface area contributed by atoms with E-state index in [4.69, 9.17) is 0 Å². The number of benzene rings is 2. The molecule has 140 valence electrons. The largest absolute Gasteiger partial charge is 0.352 e. The molecule has 0 radical (unpaired) electrons. The monoisotopic (exact) mass is 374 g/mol. The fourth-order valence-corrected chi connectivity index (χ4v) is 4.11.